The standard InChI is InChI=1S/C26H22N4O5/c1-3-34-25(32)16-11-13-17(14-12-16)30-24(31)21(22(29-30)26(33)35-4-2)23-27-18-9-5-7-15-8-6-10-19(28-23)20(15)18/h5-14,29H,3-4H2,1-2H3,(H,27,28). The third-order valence-corrected chi connectivity index (χ3v) is 5.61. The van der Waals surface area contributed by atoms with Crippen molar-refractivity contribution >= 4 is 39.9 Å². The normalized spacial score (nSPS) is 12.1. The molecule has 2 N–H and O–H groups in total. The Bertz CT molecular complexity index is 1540. The summed E-state index contributed by atoms with van der Waals surface area (Å²) in [4.78, 5) is 43.0. The molecule has 0 radical (unpaired) electrons. The van der Waals surface area contributed by atoms with E-state index in [1.54, 1.807) is 38.1 Å². The Morgan fingerprint density at radius 3 is 2.31 bits per heavy atom. The van der Waals surface area contributed by atoms with E-state index in [1.807, 2.05) is 36.4 Å². The summed E-state index contributed by atoms with van der Waals surface area (Å²) in [5, 5.41) is 8.01. The highest BCUT2D eigenvalue weighted by atomic mass is 16.5. The minimum atomic E-state index is -0.678. The van der Waals surface area contributed by atoms with Crippen molar-refractivity contribution in [1.82, 2.24) is 9.78 Å². The molecule has 0 bridgehead atoms. The first-order chi connectivity index (χ1) is 17.0. The average Bonchev–Trinajstić information content (AvgIpc) is 3.22. The van der Waals surface area contributed by atoms with Crippen LogP contribution in [-0.4, -0.2) is 40.8 Å². The molecule has 1 aliphatic rings. The molecule has 35 heavy (non-hydrogen) atoms. The van der Waals surface area contributed by atoms with Crippen LogP contribution in [0.5, 0.6) is 0 Å². The van der Waals surface area contributed by atoms with Gasteiger partial charge in [0.25, 0.3) is 5.56 Å². The van der Waals surface area contributed by atoms with E-state index < -0.39 is 17.5 Å². The topological polar surface area (TPSA) is 115 Å². The molecule has 0 atom stereocenters. The molecule has 176 valence electrons. The highest BCUT2D eigenvalue weighted by molar-refractivity contribution is 6.21. The van der Waals surface area contributed by atoms with Crippen molar-refractivity contribution in [3.05, 3.63) is 87.8 Å². The molecular weight excluding hydrogens is 448 g/mol. The van der Waals surface area contributed by atoms with Gasteiger partial charge in [-0.15, -0.1) is 0 Å². The Morgan fingerprint density at radius 1 is 0.914 bits per heavy atom. The fraction of sp³-hybridized carbons (Fsp3) is 0.154. The van der Waals surface area contributed by atoms with Crippen LogP contribution in [0.1, 0.15) is 40.3 Å². The lowest BCUT2D eigenvalue weighted by Crippen LogP contribution is -2.27. The molecule has 0 fully saturated rings. The Balaban J connectivity index is 1.63. The average molecular weight is 470 g/mol. The van der Waals surface area contributed by atoms with Crippen LogP contribution in [-0.2, 0) is 9.47 Å². The number of carbonyl (C=O) groups excluding carboxylic acids is 2. The number of esters is 2. The number of nitrogens with one attached hydrogen (secondary N) is 2. The lowest BCUT2D eigenvalue weighted by Gasteiger charge is -2.18. The number of aromatic nitrogens is 2. The van der Waals surface area contributed by atoms with Crippen LogP contribution in [0, 0.1) is 0 Å². The number of benzene rings is 3. The van der Waals surface area contributed by atoms with Crippen LogP contribution in [0.25, 0.3) is 16.5 Å². The molecular formula is C26H22N4O5. The lowest BCUT2D eigenvalue weighted by molar-refractivity contribution is 0.0512. The molecule has 4 aromatic rings. The summed E-state index contributed by atoms with van der Waals surface area (Å²) in [6.07, 6.45) is 0. The molecule has 3 aromatic carbocycles. The zero-order chi connectivity index (χ0) is 24.5. The first kappa shape index (κ1) is 22.1. The van der Waals surface area contributed by atoms with Crippen molar-refractivity contribution in [2.75, 3.05) is 18.5 Å². The molecule has 0 saturated heterocycles. The van der Waals surface area contributed by atoms with Gasteiger partial charge in [-0.3, -0.25) is 9.89 Å². The van der Waals surface area contributed by atoms with E-state index in [-0.39, 0.29) is 30.3 Å². The first-order valence-electron chi connectivity index (χ1n) is 11.2. The van der Waals surface area contributed by atoms with E-state index in [9.17, 15) is 14.4 Å². The first-order valence-corrected chi connectivity index (χ1v) is 11.2. The van der Waals surface area contributed by atoms with Gasteiger partial charge < -0.3 is 14.8 Å². The van der Waals surface area contributed by atoms with E-state index in [2.05, 4.69) is 15.4 Å². The molecule has 2 heterocycles. The molecule has 0 spiro atoms. The molecule has 0 saturated carbocycles. The molecule has 1 aromatic heterocycles. The van der Waals surface area contributed by atoms with Gasteiger partial charge >= 0.3 is 11.9 Å². The van der Waals surface area contributed by atoms with Crippen molar-refractivity contribution in [3.8, 4) is 5.69 Å². The van der Waals surface area contributed by atoms with E-state index in [0.717, 1.165) is 16.5 Å². The van der Waals surface area contributed by atoms with Gasteiger partial charge in [0.1, 0.15) is 11.4 Å². The Morgan fingerprint density at radius 2 is 1.60 bits per heavy atom. The number of ether oxygens (including phenoxy) is 2. The van der Waals surface area contributed by atoms with Gasteiger partial charge in [0.15, 0.2) is 5.69 Å². The van der Waals surface area contributed by atoms with Crippen molar-refractivity contribution in [2.45, 2.75) is 13.8 Å². The van der Waals surface area contributed by atoms with Crippen LogP contribution in [0.3, 0.4) is 0 Å². The quantitative estimate of drug-likeness (QED) is 0.409. The molecule has 9 nitrogen and oxygen atoms in total. The lowest BCUT2D eigenvalue weighted by atomic mass is 10.0. The Labute approximate surface area is 200 Å². The SMILES string of the molecule is CCOC(=O)c1ccc(-n2[nH]c(C(=O)OCC)c(C3=Nc4cccc5cccc(c45)N3)c2=O)cc1. The third-order valence-electron chi connectivity index (χ3n) is 5.61. The monoisotopic (exact) mass is 470 g/mol. The summed E-state index contributed by atoms with van der Waals surface area (Å²) in [6, 6.07) is 17.8. The van der Waals surface area contributed by atoms with E-state index in [4.69, 9.17) is 9.47 Å². The highest BCUT2D eigenvalue weighted by Crippen LogP contribution is 2.36. The number of aromatic amines is 1. The van der Waals surface area contributed by atoms with Gasteiger partial charge in [-0.05, 0) is 55.6 Å². The van der Waals surface area contributed by atoms with Crippen molar-refractivity contribution < 1.29 is 19.1 Å². The molecule has 9 heteroatoms. The predicted molar refractivity (Wildman–Crippen MR) is 132 cm³/mol. The second-order valence-corrected chi connectivity index (χ2v) is 7.76. The summed E-state index contributed by atoms with van der Waals surface area (Å²) in [5.74, 6) is -0.898. The van der Waals surface area contributed by atoms with Gasteiger partial charge in [0.2, 0.25) is 0 Å². The number of nitrogens with zero attached hydrogens (tertiary/aromatic N) is 2. The molecule has 0 unspecified atom stereocenters. The molecule has 5 rings (SSSR count). The molecule has 0 aliphatic carbocycles. The Kier molecular flexibility index (Phi) is 5.66. The minimum Gasteiger partial charge on any atom is -0.462 e. The summed E-state index contributed by atoms with van der Waals surface area (Å²) in [7, 11) is 0. The largest absolute Gasteiger partial charge is 0.462 e. The second kappa shape index (κ2) is 8.94. The van der Waals surface area contributed by atoms with Gasteiger partial charge in [-0.25, -0.2) is 19.3 Å². The number of amidine groups is 1. The number of carbonyl (C=O) groups is 2. The van der Waals surface area contributed by atoms with E-state index in [0.29, 0.717) is 16.9 Å². The van der Waals surface area contributed by atoms with Crippen LogP contribution in [0.15, 0.2) is 70.5 Å². The highest BCUT2D eigenvalue weighted by Gasteiger charge is 2.28. The van der Waals surface area contributed by atoms with Crippen LogP contribution < -0.4 is 10.9 Å². The van der Waals surface area contributed by atoms with Crippen molar-refractivity contribution in [2.24, 2.45) is 4.99 Å². The maximum Gasteiger partial charge on any atom is 0.357 e. The maximum absolute atomic E-state index is 13.6. The fourth-order valence-corrected chi connectivity index (χ4v) is 4.06. The Hall–Kier alpha value is -4.66. The fourth-order valence-electron chi connectivity index (χ4n) is 4.06. The zero-order valence-corrected chi connectivity index (χ0v) is 19.1. The molecule has 1 aliphatic heterocycles. The third kappa shape index (κ3) is 3.86. The smallest absolute Gasteiger partial charge is 0.357 e. The minimum absolute atomic E-state index is 0.0240. The maximum atomic E-state index is 13.6. The zero-order valence-electron chi connectivity index (χ0n) is 19.1. The second-order valence-electron chi connectivity index (χ2n) is 7.76. The van der Waals surface area contributed by atoms with Gasteiger partial charge in [0.05, 0.1) is 30.2 Å². The van der Waals surface area contributed by atoms with Crippen LogP contribution >= 0.6 is 0 Å². The number of anilines is 1. The van der Waals surface area contributed by atoms with Crippen molar-refractivity contribution in [1.29, 1.82) is 0 Å². The van der Waals surface area contributed by atoms with E-state index in [1.165, 1.54) is 4.68 Å². The number of aliphatic imine (C=N–C) groups is 1. The van der Waals surface area contributed by atoms with Gasteiger partial charge in [-0.1, -0.05) is 24.3 Å². The number of H-pyrrole nitrogens is 1. The number of rotatable bonds is 6. The van der Waals surface area contributed by atoms with Gasteiger partial charge in [0, 0.05) is 11.1 Å². The van der Waals surface area contributed by atoms with E-state index >= 15 is 0 Å². The predicted octanol–water partition coefficient (Wildman–Crippen LogP) is 4.18. The number of hydrogen-bond acceptors (Lipinski definition) is 7. The van der Waals surface area contributed by atoms with Gasteiger partial charge in [-0.2, -0.15) is 0 Å². The van der Waals surface area contributed by atoms with Crippen molar-refractivity contribution in [3.63, 3.8) is 0 Å². The summed E-state index contributed by atoms with van der Waals surface area (Å²) >= 11 is 0. The summed E-state index contributed by atoms with van der Waals surface area (Å²) in [5.41, 5.74) is 1.79. The summed E-state index contributed by atoms with van der Waals surface area (Å²) < 4.78 is 11.4. The summed E-state index contributed by atoms with van der Waals surface area (Å²) in [6.45, 7) is 3.81. The molecule has 0 amide bonds. The van der Waals surface area contributed by atoms with Crippen LogP contribution in [0.2, 0.25) is 0 Å². The van der Waals surface area contributed by atoms with Crippen LogP contribution in [0.4, 0.5) is 11.4 Å². The number of hydrogen-bond donors (Lipinski definition) is 2.